The first-order valence-electron chi connectivity index (χ1n) is 6.42. The third kappa shape index (κ3) is 3.83. The molecule has 23 heavy (non-hydrogen) atoms. The van der Waals surface area contributed by atoms with Crippen molar-refractivity contribution < 1.29 is 19.4 Å². The first kappa shape index (κ1) is 16.4. The number of anilines is 1. The van der Waals surface area contributed by atoms with Crippen molar-refractivity contribution in [3.63, 3.8) is 0 Å². The highest BCUT2D eigenvalue weighted by Gasteiger charge is 2.15. The van der Waals surface area contributed by atoms with E-state index in [1.54, 1.807) is 24.3 Å². The summed E-state index contributed by atoms with van der Waals surface area (Å²) >= 11 is 0. The fourth-order valence-corrected chi connectivity index (χ4v) is 1.97. The highest BCUT2D eigenvalue weighted by Crippen LogP contribution is 2.29. The summed E-state index contributed by atoms with van der Waals surface area (Å²) in [6, 6.07) is 6.73. The molecule has 1 aliphatic heterocycles. The zero-order chi connectivity index (χ0) is 15.5. The molecule has 0 fully saturated rings. The SMILES string of the molecule is Cl.O=C1COc2ccc(/C=C/c3cc(C(=O)O)ncn3)cc2N1. The molecule has 0 spiro atoms. The number of carboxylic acid groups (broad SMARTS) is 1. The first-order valence-corrected chi connectivity index (χ1v) is 6.42. The van der Waals surface area contributed by atoms with Gasteiger partial charge in [0.25, 0.3) is 5.91 Å². The van der Waals surface area contributed by atoms with E-state index in [2.05, 4.69) is 15.3 Å². The number of fused-ring (bicyclic) bond motifs is 1. The fraction of sp³-hybridized carbons (Fsp3) is 0.0667. The van der Waals surface area contributed by atoms with Gasteiger partial charge in [0.15, 0.2) is 12.3 Å². The minimum Gasteiger partial charge on any atom is -0.482 e. The van der Waals surface area contributed by atoms with Crippen LogP contribution >= 0.6 is 12.4 Å². The van der Waals surface area contributed by atoms with E-state index in [0.29, 0.717) is 17.1 Å². The third-order valence-corrected chi connectivity index (χ3v) is 2.99. The monoisotopic (exact) mass is 333 g/mol. The van der Waals surface area contributed by atoms with Crippen LogP contribution in [0.2, 0.25) is 0 Å². The van der Waals surface area contributed by atoms with Crippen molar-refractivity contribution >= 4 is 42.1 Å². The number of hydrogen-bond donors (Lipinski definition) is 2. The summed E-state index contributed by atoms with van der Waals surface area (Å²) in [7, 11) is 0. The number of carboxylic acids is 1. The molecular weight excluding hydrogens is 322 g/mol. The van der Waals surface area contributed by atoms with Gasteiger partial charge >= 0.3 is 5.97 Å². The van der Waals surface area contributed by atoms with Gasteiger partial charge in [0.1, 0.15) is 12.1 Å². The van der Waals surface area contributed by atoms with Gasteiger partial charge in [-0.25, -0.2) is 14.8 Å². The van der Waals surface area contributed by atoms with Gasteiger partial charge < -0.3 is 15.2 Å². The number of nitrogens with one attached hydrogen (secondary N) is 1. The van der Waals surface area contributed by atoms with Gasteiger partial charge in [-0.1, -0.05) is 12.1 Å². The van der Waals surface area contributed by atoms with Crippen LogP contribution in [0.5, 0.6) is 5.75 Å². The van der Waals surface area contributed by atoms with Crippen molar-refractivity contribution in [3.05, 3.63) is 47.5 Å². The van der Waals surface area contributed by atoms with Crippen molar-refractivity contribution in [1.29, 1.82) is 0 Å². The summed E-state index contributed by atoms with van der Waals surface area (Å²) in [6.45, 7) is 0.0150. The molecule has 3 rings (SSSR count). The lowest BCUT2D eigenvalue weighted by molar-refractivity contribution is -0.118. The second kappa shape index (κ2) is 6.89. The molecule has 0 bridgehead atoms. The number of hydrogen-bond acceptors (Lipinski definition) is 5. The number of aromatic nitrogens is 2. The lowest BCUT2D eigenvalue weighted by atomic mass is 10.1. The second-order valence-corrected chi connectivity index (χ2v) is 4.56. The van der Waals surface area contributed by atoms with Crippen molar-refractivity contribution in [1.82, 2.24) is 9.97 Å². The third-order valence-electron chi connectivity index (χ3n) is 2.99. The van der Waals surface area contributed by atoms with E-state index >= 15 is 0 Å². The van der Waals surface area contributed by atoms with Crippen molar-refractivity contribution in [2.24, 2.45) is 0 Å². The Hall–Kier alpha value is -2.93. The minimum atomic E-state index is -1.11. The van der Waals surface area contributed by atoms with E-state index in [0.717, 1.165) is 5.56 Å². The first-order chi connectivity index (χ1) is 10.6. The number of aromatic carboxylic acids is 1. The maximum absolute atomic E-state index is 11.3. The van der Waals surface area contributed by atoms with Crippen molar-refractivity contribution in [3.8, 4) is 5.75 Å². The molecule has 2 heterocycles. The second-order valence-electron chi connectivity index (χ2n) is 4.56. The van der Waals surface area contributed by atoms with E-state index in [1.807, 2.05) is 6.07 Å². The number of halogens is 1. The topological polar surface area (TPSA) is 101 Å². The van der Waals surface area contributed by atoms with Gasteiger partial charge in [0, 0.05) is 0 Å². The van der Waals surface area contributed by atoms with Crippen LogP contribution in [0.3, 0.4) is 0 Å². The van der Waals surface area contributed by atoms with Crippen molar-refractivity contribution in [2.45, 2.75) is 0 Å². The Balaban J connectivity index is 0.00000192. The molecule has 118 valence electrons. The molecule has 0 atom stereocenters. The summed E-state index contributed by atoms with van der Waals surface area (Å²) < 4.78 is 5.27. The van der Waals surface area contributed by atoms with Crippen LogP contribution in [-0.2, 0) is 4.79 Å². The zero-order valence-corrected chi connectivity index (χ0v) is 12.5. The number of benzene rings is 1. The quantitative estimate of drug-likeness (QED) is 0.892. The van der Waals surface area contributed by atoms with Gasteiger partial charge in [-0.15, -0.1) is 12.4 Å². The Labute approximate surface area is 137 Å². The molecule has 1 aliphatic rings. The Morgan fingerprint density at radius 2 is 2.09 bits per heavy atom. The normalized spacial score (nSPS) is 12.8. The molecule has 8 heteroatoms. The molecule has 1 amide bonds. The number of nitrogens with zero attached hydrogens (tertiary/aromatic N) is 2. The van der Waals surface area contributed by atoms with Crippen LogP contribution in [0, 0.1) is 0 Å². The molecule has 0 unspecified atom stereocenters. The summed E-state index contributed by atoms with van der Waals surface area (Å²) in [5.74, 6) is -0.687. The van der Waals surface area contributed by atoms with Gasteiger partial charge in [-0.2, -0.15) is 0 Å². The Kier molecular flexibility index (Phi) is 4.92. The number of carbonyl (C=O) groups excluding carboxylic acids is 1. The lowest BCUT2D eigenvalue weighted by Crippen LogP contribution is -2.25. The van der Waals surface area contributed by atoms with Gasteiger partial charge in [-0.05, 0) is 29.8 Å². The Morgan fingerprint density at radius 1 is 1.26 bits per heavy atom. The average Bonchev–Trinajstić information content (AvgIpc) is 2.52. The number of carbonyl (C=O) groups is 2. The molecule has 1 aromatic heterocycles. The van der Waals surface area contributed by atoms with Crippen LogP contribution in [0.4, 0.5) is 5.69 Å². The predicted octanol–water partition coefficient (Wildman–Crippen LogP) is 2.10. The summed E-state index contributed by atoms with van der Waals surface area (Å²) in [4.78, 5) is 29.8. The molecule has 0 saturated heterocycles. The number of amides is 1. The predicted molar refractivity (Wildman–Crippen MR) is 85.7 cm³/mol. The number of ether oxygens (including phenoxy) is 1. The molecular formula is C15H12ClN3O4. The maximum atomic E-state index is 11.3. The fourth-order valence-electron chi connectivity index (χ4n) is 1.97. The standard InChI is InChI=1S/C15H11N3O4.ClH/c19-14-7-22-13-4-2-9(5-11(13)18-14)1-3-10-6-12(15(20)21)17-8-16-10;/h1-6,8H,7H2,(H,18,19)(H,20,21);1H/b3-1+;. The van der Waals surface area contributed by atoms with Gasteiger partial charge in [-0.3, -0.25) is 4.79 Å². The van der Waals surface area contributed by atoms with E-state index in [-0.39, 0.29) is 30.6 Å². The maximum Gasteiger partial charge on any atom is 0.354 e. The highest BCUT2D eigenvalue weighted by molar-refractivity contribution is 5.96. The smallest absolute Gasteiger partial charge is 0.354 e. The molecule has 7 nitrogen and oxygen atoms in total. The van der Waals surface area contributed by atoms with Crippen LogP contribution in [0.15, 0.2) is 30.6 Å². The molecule has 0 aliphatic carbocycles. The molecule has 2 N–H and O–H groups in total. The Morgan fingerprint density at radius 3 is 2.87 bits per heavy atom. The van der Waals surface area contributed by atoms with Crippen LogP contribution in [-0.4, -0.2) is 33.6 Å². The van der Waals surface area contributed by atoms with E-state index in [4.69, 9.17) is 9.84 Å². The Bertz CT molecular complexity index is 792. The average molecular weight is 334 g/mol. The highest BCUT2D eigenvalue weighted by atomic mass is 35.5. The van der Waals surface area contributed by atoms with Crippen LogP contribution in [0.25, 0.3) is 12.2 Å². The van der Waals surface area contributed by atoms with Crippen LogP contribution < -0.4 is 10.1 Å². The molecule has 0 saturated carbocycles. The summed E-state index contributed by atoms with van der Waals surface area (Å²) in [6.07, 6.45) is 4.63. The van der Waals surface area contributed by atoms with E-state index in [9.17, 15) is 9.59 Å². The largest absolute Gasteiger partial charge is 0.482 e. The van der Waals surface area contributed by atoms with Crippen molar-refractivity contribution in [2.75, 3.05) is 11.9 Å². The summed E-state index contributed by atoms with van der Waals surface area (Å²) in [5.41, 5.74) is 1.83. The summed E-state index contributed by atoms with van der Waals surface area (Å²) in [5, 5.41) is 11.6. The minimum absolute atomic E-state index is 0. The lowest BCUT2D eigenvalue weighted by Gasteiger charge is -2.17. The van der Waals surface area contributed by atoms with E-state index in [1.165, 1.54) is 12.4 Å². The molecule has 2 aromatic rings. The molecule has 1 aromatic carbocycles. The van der Waals surface area contributed by atoms with Crippen LogP contribution in [0.1, 0.15) is 21.7 Å². The van der Waals surface area contributed by atoms with Gasteiger partial charge in [0.05, 0.1) is 11.4 Å². The number of rotatable bonds is 3. The van der Waals surface area contributed by atoms with Gasteiger partial charge in [0.2, 0.25) is 0 Å². The molecule has 0 radical (unpaired) electrons. The van der Waals surface area contributed by atoms with E-state index < -0.39 is 5.97 Å². The zero-order valence-electron chi connectivity index (χ0n) is 11.7.